The van der Waals surface area contributed by atoms with Gasteiger partial charge in [0.1, 0.15) is 23.1 Å². The van der Waals surface area contributed by atoms with Crippen molar-refractivity contribution in [2.75, 3.05) is 24.3 Å². The maximum atomic E-state index is 13.7. The molecule has 0 aliphatic heterocycles. The van der Waals surface area contributed by atoms with Gasteiger partial charge < -0.3 is 14.8 Å². The lowest BCUT2D eigenvalue weighted by Gasteiger charge is -2.13. The average molecular weight is 406 g/mol. The molecule has 0 saturated heterocycles. The van der Waals surface area contributed by atoms with Crippen molar-refractivity contribution >= 4 is 28.3 Å². The minimum atomic E-state index is -0.378. The molecule has 1 amide bonds. The first kappa shape index (κ1) is 19.6. The summed E-state index contributed by atoms with van der Waals surface area (Å²) in [7, 11) is 3.77. The number of nitrogens with zero attached hydrogens (tertiary/aromatic N) is 3. The quantitative estimate of drug-likeness (QED) is 0.524. The summed E-state index contributed by atoms with van der Waals surface area (Å²) in [4.78, 5) is 19.2. The molecule has 2 aromatic carbocycles. The third-order valence-corrected chi connectivity index (χ3v) is 4.81. The van der Waals surface area contributed by atoms with E-state index < -0.39 is 0 Å². The van der Waals surface area contributed by atoms with Crippen molar-refractivity contribution < 1.29 is 13.6 Å². The van der Waals surface area contributed by atoms with Gasteiger partial charge in [0.2, 0.25) is 0 Å². The number of pyridine rings is 1. The lowest BCUT2D eigenvalue weighted by molar-refractivity contribution is 0.101. The predicted octanol–water partition coefficient (Wildman–Crippen LogP) is 4.68. The second-order valence-electron chi connectivity index (χ2n) is 7.20. The van der Waals surface area contributed by atoms with Crippen LogP contribution in [0.4, 0.5) is 20.3 Å². The zero-order valence-electron chi connectivity index (χ0n) is 16.6. The highest BCUT2D eigenvalue weighted by molar-refractivity contribution is 6.06. The van der Waals surface area contributed by atoms with Crippen molar-refractivity contribution in [1.29, 1.82) is 0 Å². The molecule has 2 aromatic heterocycles. The molecule has 0 spiro atoms. The highest BCUT2D eigenvalue weighted by Gasteiger charge is 2.17. The van der Waals surface area contributed by atoms with Crippen molar-refractivity contribution in [1.82, 2.24) is 9.55 Å². The van der Waals surface area contributed by atoms with Crippen molar-refractivity contribution in [3.05, 3.63) is 89.8 Å². The standard InChI is InChI=1S/C23H20F2N4O/c1-28(2)22-10-8-19(13-26-22)27-23(30)21-12-16-11-18(25)7-9-20(16)29(21)14-15-3-5-17(24)6-4-15/h3-13H,14H2,1-2H3,(H,27,30). The van der Waals surface area contributed by atoms with Crippen LogP contribution in [-0.4, -0.2) is 29.6 Å². The number of amides is 1. The number of hydrogen-bond donors (Lipinski definition) is 1. The Labute approximate surface area is 172 Å². The molecule has 0 aliphatic rings. The molecule has 7 heteroatoms. The van der Waals surface area contributed by atoms with Gasteiger partial charge in [0.15, 0.2) is 0 Å². The Morgan fingerprint density at radius 2 is 1.73 bits per heavy atom. The predicted molar refractivity (Wildman–Crippen MR) is 114 cm³/mol. The summed E-state index contributed by atoms with van der Waals surface area (Å²) in [5.74, 6) is -0.274. The third-order valence-electron chi connectivity index (χ3n) is 4.81. The molecule has 4 rings (SSSR count). The Bertz CT molecular complexity index is 1200. The van der Waals surface area contributed by atoms with E-state index in [1.54, 1.807) is 47.2 Å². The Morgan fingerprint density at radius 1 is 1.00 bits per heavy atom. The fraction of sp³-hybridized carbons (Fsp3) is 0.130. The number of carbonyl (C=O) groups is 1. The number of carbonyl (C=O) groups excluding carboxylic acids is 1. The third kappa shape index (κ3) is 4.00. The fourth-order valence-corrected chi connectivity index (χ4v) is 3.29. The van der Waals surface area contributed by atoms with E-state index >= 15 is 0 Å². The average Bonchev–Trinajstić information content (AvgIpc) is 3.07. The zero-order chi connectivity index (χ0) is 21.3. The van der Waals surface area contributed by atoms with E-state index in [1.807, 2.05) is 19.0 Å². The number of aromatic nitrogens is 2. The molecule has 0 fully saturated rings. The molecule has 4 aromatic rings. The smallest absolute Gasteiger partial charge is 0.272 e. The SMILES string of the molecule is CN(C)c1ccc(NC(=O)c2cc3cc(F)ccc3n2Cc2ccc(F)cc2)cn1. The lowest BCUT2D eigenvalue weighted by atomic mass is 10.2. The summed E-state index contributed by atoms with van der Waals surface area (Å²) in [5.41, 5.74) is 2.46. The van der Waals surface area contributed by atoms with Gasteiger partial charge in [-0.05, 0) is 54.1 Å². The molecular weight excluding hydrogens is 386 g/mol. The minimum absolute atomic E-state index is 0.329. The van der Waals surface area contributed by atoms with Gasteiger partial charge in [-0.3, -0.25) is 4.79 Å². The fourth-order valence-electron chi connectivity index (χ4n) is 3.29. The van der Waals surface area contributed by atoms with E-state index in [9.17, 15) is 13.6 Å². The second kappa shape index (κ2) is 7.94. The molecular formula is C23H20F2N4O. The second-order valence-corrected chi connectivity index (χ2v) is 7.20. The van der Waals surface area contributed by atoms with Crippen LogP contribution in [-0.2, 0) is 6.54 Å². The number of rotatable bonds is 5. The number of benzene rings is 2. The van der Waals surface area contributed by atoms with Crippen molar-refractivity contribution in [2.24, 2.45) is 0 Å². The Hall–Kier alpha value is -3.74. The maximum Gasteiger partial charge on any atom is 0.272 e. The van der Waals surface area contributed by atoms with Crippen LogP contribution in [0, 0.1) is 11.6 Å². The van der Waals surface area contributed by atoms with Crippen LogP contribution < -0.4 is 10.2 Å². The van der Waals surface area contributed by atoms with Gasteiger partial charge in [-0.2, -0.15) is 0 Å². The minimum Gasteiger partial charge on any atom is -0.363 e. The van der Waals surface area contributed by atoms with Crippen LogP contribution in [0.15, 0.2) is 66.9 Å². The molecule has 0 radical (unpaired) electrons. The maximum absolute atomic E-state index is 13.7. The molecule has 152 valence electrons. The summed E-state index contributed by atoms with van der Waals surface area (Å²) in [6, 6.07) is 15.7. The summed E-state index contributed by atoms with van der Waals surface area (Å²) in [6.07, 6.45) is 1.58. The summed E-state index contributed by atoms with van der Waals surface area (Å²) < 4.78 is 28.8. The molecule has 30 heavy (non-hydrogen) atoms. The highest BCUT2D eigenvalue weighted by Crippen LogP contribution is 2.24. The van der Waals surface area contributed by atoms with Crippen LogP contribution >= 0.6 is 0 Å². The Kier molecular flexibility index (Phi) is 5.18. The van der Waals surface area contributed by atoms with E-state index in [1.165, 1.54) is 24.3 Å². The first-order valence-corrected chi connectivity index (χ1v) is 9.39. The first-order valence-electron chi connectivity index (χ1n) is 9.39. The zero-order valence-corrected chi connectivity index (χ0v) is 16.6. The van der Waals surface area contributed by atoms with Gasteiger partial charge in [0.05, 0.1) is 11.9 Å². The van der Waals surface area contributed by atoms with Crippen LogP contribution in [0.25, 0.3) is 10.9 Å². The molecule has 0 unspecified atom stereocenters. The monoisotopic (exact) mass is 406 g/mol. The number of nitrogens with one attached hydrogen (secondary N) is 1. The largest absolute Gasteiger partial charge is 0.363 e. The van der Waals surface area contributed by atoms with Gasteiger partial charge in [-0.1, -0.05) is 12.1 Å². The van der Waals surface area contributed by atoms with Gasteiger partial charge in [0, 0.05) is 31.5 Å². The van der Waals surface area contributed by atoms with Crippen LogP contribution in [0.2, 0.25) is 0 Å². The molecule has 0 aliphatic carbocycles. The lowest BCUT2D eigenvalue weighted by Crippen LogP contribution is -2.18. The van der Waals surface area contributed by atoms with Gasteiger partial charge >= 0.3 is 0 Å². The topological polar surface area (TPSA) is 50.2 Å². The molecule has 1 N–H and O–H groups in total. The van der Waals surface area contributed by atoms with Crippen LogP contribution in [0.3, 0.4) is 0 Å². The summed E-state index contributed by atoms with van der Waals surface area (Å²) in [5, 5.41) is 3.45. The highest BCUT2D eigenvalue weighted by atomic mass is 19.1. The summed E-state index contributed by atoms with van der Waals surface area (Å²) in [6.45, 7) is 0.343. The number of halogens is 2. The van der Waals surface area contributed by atoms with Crippen molar-refractivity contribution in [3.8, 4) is 0 Å². The Morgan fingerprint density at radius 3 is 2.40 bits per heavy atom. The summed E-state index contributed by atoms with van der Waals surface area (Å²) >= 11 is 0. The molecule has 0 bridgehead atoms. The normalized spacial score (nSPS) is 10.9. The van der Waals surface area contributed by atoms with Gasteiger partial charge in [-0.15, -0.1) is 0 Å². The number of fused-ring (bicyclic) bond motifs is 1. The van der Waals surface area contributed by atoms with Crippen molar-refractivity contribution in [3.63, 3.8) is 0 Å². The Balaban J connectivity index is 1.69. The van der Waals surface area contributed by atoms with E-state index in [4.69, 9.17) is 0 Å². The molecule has 0 atom stereocenters. The number of hydrogen-bond acceptors (Lipinski definition) is 3. The molecule has 0 saturated carbocycles. The van der Waals surface area contributed by atoms with Crippen LogP contribution in [0.1, 0.15) is 16.1 Å². The van der Waals surface area contributed by atoms with Crippen LogP contribution in [0.5, 0.6) is 0 Å². The van der Waals surface area contributed by atoms with E-state index in [-0.39, 0.29) is 17.5 Å². The van der Waals surface area contributed by atoms with E-state index in [0.29, 0.717) is 28.8 Å². The van der Waals surface area contributed by atoms with E-state index in [2.05, 4.69) is 10.3 Å². The van der Waals surface area contributed by atoms with Gasteiger partial charge in [0.25, 0.3) is 5.91 Å². The van der Waals surface area contributed by atoms with Gasteiger partial charge in [-0.25, -0.2) is 13.8 Å². The molecule has 5 nitrogen and oxygen atoms in total. The first-order chi connectivity index (χ1) is 14.4. The van der Waals surface area contributed by atoms with Crippen molar-refractivity contribution in [2.45, 2.75) is 6.54 Å². The number of anilines is 2. The van der Waals surface area contributed by atoms with E-state index in [0.717, 1.165) is 11.4 Å². The molecule has 2 heterocycles.